The molecule has 3 aromatic rings. The van der Waals surface area contributed by atoms with Gasteiger partial charge in [-0.15, -0.1) is 0 Å². The fourth-order valence-corrected chi connectivity index (χ4v) is 5.12. The number of piperidine rings is 1. The average molecular weight is 525 g/mol. The number of ether oxygens (including phenoxy) is 1. The van der Waals surface area contributed by atoms with Gasteiger partial charge in [0.05, 0.1) is 18.5 Å². The molecule has 2 aromatic carbocycles. The van der Waals surface area contributed by atoms with Gasteiger partial charge < -0.3 is 14.6 Å². The van der Waals surface area contributed by atoms with E-state index >= 15 is 0 Å². The second-order valence-corrected chi connectivity index (χ2v) is 10.7. The van der Waals surface area contributed by atoms with Crippen LogP contribution in [0.3, 0.4) is 0 Å². The standard InChI is InChI=1S/C26H29BrN4O3/c1-26(2)14-21(20-7-3-4-8-22(20)33-26)28-25(32)18-6-5-13-31(15-18)16-23-29-24(30-34-23)17-9-11-19(27)12-10-17/h3-4,7-12,18,21H,5-6,13-16H2,1-2H3,(H,28,32). The van der Waals surface area contributed by atoms with Crippen molar-refractivity contribution in [2.45, 2.75) is 51.3 Å². The van der Waals surface area contributed by atoms with Crippen molar-refractivity contribution in [1.29, 1.82) is 0 Å². The molecule has 0 aliphatic carbocycles. The first-order valence-corrected chi connectivity index (χ1v) is 12.5. The van der Waals surface area contributed by atoms with E-state index in [9.17, 15) is 4.79 Å². The lowest BCUT2D eigenvalue weighted by atomic mass is 9.88. The predicted octanol–water partition coefficient (Wildman–Crippen LogP) is 5.13. The summed E-state index contributed by atoms with van der Waals surface area (Å²) in [7, 11) is 0. The number of fused-ring (bicyclic) bond motifs is 1. The number of halogens is 1. The monoisotopic (exact) mass is 524 g/mol. The summed E-state index contributed by atoms with van der Waals surface area (Å²) in [5.41, 5.74) is 1.64. The summed E-state index contributed by atoms with van der Waals surface area (Å²) in [4.78, 5) is 20.1. The number of likely N-dealkylation sites (tertiary alicyclic amines) is 1. The highest BCUT2D eigenvalue weighted by molar-refractivity contribution is 9.10. The molecule has 2 aliphatic rings. The zero-order valence-electron chi connectivity index (χ0n) is 19.5. The molecule has 1 saturated heterocycles. The maximum absolute atomic E-state index is 13.3. The van der Waals surface area contributed by atoms with Crippen molar-refractivity contribution in [2.24, 2.45) is 5.92 Å². The van der Waals surface area contributed by atoms with Crippen molar-refractivity contribution in [3.8, 4) is 17.1 Å². The number of nitrogens with zero attached hydrogens (tertiary/aromatic N) is 3. The Bertz CT molecular complexity index is 1160. The van der Waals surface area contributed by atoms with Crippen molar-refractivity contribution >= 4 is 21.8 Å². The lowest BCUT2D eigenvalue weighted by Gasteiger charge is -2.39. The van der Waals surface area contributed by atoms with Crippen molar-refractivity contribution in [1.82, 2.24) is 20.4 Å². The topological polar surface area (TPSA) is 80.5 Å². The van der Waals surface area contributed by atoms with Gasteiger partial charge in [0.25, 0.3) is 0 Å². The van der Waals surface area contributed by atoms with E-state index in [4.69, 9.17) is 9.26 Å². The summed E-state index contributed by atoms with van der Waals surface area (Å²) in [5, 5.41) is 7.44. The maximum atomic E-state index is 13.3. The van der Waals surface area contributed by atoms with E-state index < -0.39 is 0 Å². The molecule has 2 aliphatic heterocycles. The molecule has 2 atom stereocenters. The van der Waals surface area contributed by atoms with Gasteiger partial charge in [0.1, 0.15) is 11.4 Å². The van der Waals surface area contributed by atoms with Gasteiger partial charge >= 0.3 is 0 Å². The fourth-order valence-electron chi connectivity index (χ4n) is 4.86. The van der Waals surface area contributed by atoms with Crippen LogP contribution in [0.5, 0.6) is 5.75 Å². The zero-order valence-corrected chi connectivity index (χ0v) is 21.0. The van der Waals surface area contributed by atoms with Crippen LogP contribution in [0.1, 0.15) is 50.6 Å². The number of carbonyl (C=O) groups excluding carboxylic acids is 1. The highest BCUT2D eigenvalue weighted by atomic mass is 79.9. The third-order valence-electron chi connectivity index (χ3n) is 6.50. The first-order chi connectivity index (χ1) is 16.4. The van der Waals surface area contributed by atoms with E-state index in [0.717, 1.165) is 47.2 Å². The Morgan fingerprint density at radius 2 is 2.00 bits per heavy atom. The van der Waals surface area contributed by atoms with Crippen molar-refractivity contribution in [3.05, 3.63) is 64.5 Å². The Kier molecular flexibility index (Phi) is 6.44. The van der Waals surface area contributed by atoms with E-state index in [1.165, 1.54) is 0 Å². The number of amides is 1. The molecule has 1 aromatic heterocycles. The summed E-state index contributed by atoms with van der Waals surface area (Å²) in [6.45, 7) is 6.26. The van der Waals surface area contributed by atoms with Gasteiger partial charge in [-0.2, -0.15) is 4.98 Å². The zero-order chi connectivity index (χ0) is 23.7. The highest BCUT2D eigenvalue weighted by Crippen LogP contribution is 2.39. The van der Waals surface area contributed by atoms with Gasteiger partial charge in [0.2, 0.25) is 17.6 Å². The number of aromatic nitrogens is 2. The Labute approximate surface area is 208 Å². The third kappa shape index (κ3) is 5.18. The molecule has 8 heteroatoms. The molecule has 0 radical (unpaired) electrons. The van der Waals surface area contributed by atoms with Gasteiger partial charge in [-0.05, 0) is 63.6 Å². The van der Waals surface area contributed by atoms with Crippen molar-refractivity contribution < 1.29 is 14.1 Å². The van der Waals surface area contributed by atoms with Crippen LogP contribution in [0.2, 0.25) is 0 Å². The van der Waals surface area contributed by atoms with E-state index in [1.54, 1.807) is 0 Å². The lowest BCUT2D eigenvalue weighted by molar-refractivity contribution is -0.128. The van der Waals surface area contributed by atoms with Crippen LogP contribution >= 0.6 is 15.9 Å². The molecule has 1 N–H and O–H groups in total. The van der Waals surface area contributed by atoms with Gasteiger partial charge in [-0.25, -0.2) is 0 Å². The van der Waals surface area contributed by atoms with Gasteiger partial charge in [0, 0.05) is 28.6 Å². The van der Waals surface area contributed by atoms with E-state index in [0.29, 0.717) is 24.8 Å². The van der Waals surface area contributed by atoms with Gasteiger partial charge in [-0.3, -0.25) is 9.69 Å². The summed E-state index contributed by atoms with van der Waals surface area (Å²) in [6.07, 6.45) is 2.58. The molecule has 0 bridgehead atoms. The number of hydrogen-bond acceptors (Lipinski definition) is 6. The second-order valence-electron chi connectivity index (χ2n) is 9.76. The fraction of sp³-hybridized carbons (Fsp3) is 0.423. The largest absolute Gasteiger partial charge is 0.487 e. The first-order valence-electron chi connectivity index (χ1n) is 11.8. The molecule has 2 unspecified atom stereocenters. The lowest BCUT2D eigenvalue weighted by Crippen LogP contribution is -2.46. The minimum atomic E-state index is -0.324. The number of para-hydroxylation sites is 1. The predicted molar refractivity (Wildman–Crippen MR) is 132 cm³/mol. The van der Waals surface area contributed by atoms with Crippen LogP contribution in [0.4, 0.5) is 0 Å². The summed E-state index contributed by atoms with van der Waals surface area (Å²) < 4.78 is 12.6. The summed E-state index contributed by atoms with van der Waals surface area (Å²) in [5.74, 6) is 2.03. The summed E-state index contributed by atoms with van der Waals surface area (Å²) >= 11 is 3.44. The smallest absolute Gasteiger partial charge is 0.241 e. The van der Waals surface area contributed by atoms with Crippen LogP contribution in [-0.2, 0) is 11.3 Å². The van der Waals surface area contributed by atoms with Crippen LogP contribution < -0.4 is 10.1 Å². The van der Waals surface area contributed by atoms with Crippen LogP contribution in [0.25, 0.3) is 11.4 Å². The van der Waals surface area contributed by atoms with Crippen molar-refractivity contribution in [2.75, 3.05) is 13.1 Å². The third-order valence-corrected chi connectivity index (χ3v) is 7.03. The van der Waals surface area contributed by atoms with E-state index in [1.807, 2.05) is 48.5 Å². The average Bonchev–Trinajstić information content (AvgIpc) is 3.27. The van der Waals surface area contributed by atoms with E-state index in [-0.39, 0.29) is 23.5 Å². The van der Waals surface area contributed by atoms with Gasteiger partial charge in [0.15, 0.2) is 0 Å². The molecule has 5 rings (SSSR count). The molecule has 1 fully saturated rings. The first kappa shape index (κ1) is 23.1. The molecule has 0 saturated carbocycles. The Balaban J connectivity index is 1.22. The number of carbonyl (C=O) groups is 1. The quantitative estimate of drug-likeness (QED) is 0.498. The maximum Gasteiger partial charge on any atom is 0.241 e. The number of benzene rings is 2. The minimum Gasteiger partial charge on any atom is -0.487 e. The number of nitrogens with one attached hydrogen (secondary N) is 1. The summed E-state index contributed by atoms with van der Waals surface area (Å²) in [6, 6.07) is 15.8. The molecular formula is C26H29BrN4O3. The Hall–Kier alpha value is -2.71. The molecule has 178 valence electrons. The molecular weight excluding hydrogens is 496 g/mol. The molecule has 0 spiro atoms. The number of rotatable bonds is 5. The Morgan fingerprint density at radius 3 is 2.82 bits per heavy atom. The normalized spacial score (nSPS) is 22.0. The van der Waals surface area contributed by atoms with Crippen LogP contribution in [0.15, 0.2) is 57.5 Å². The van der Waals surface area contributed by atoms with Crippen LogP contribution in [0, 0.1) is 5.92 Å². The SMILES string of the molecule is CC1(C)CC(NC(=O)C2CCCN(Cc3nc(-c4ccc(Br)cc4)no3)C2)c2ccccc2O1. The van der Waals surface area contributed by atoms with Gasteiger partial charge in [-0.1, -0.05) is 39.3 Å². The highest BCUT2D eigenvalue weighted by Gasteiger charge is 2.36. The number of hydrogen-bond donors (Lipinski definition) is 1. The minimum absolute atomic E-state index is 0.0489. The van der Waals surface area contributed by atoms with Crippen molar-refractivity contribution in [3.63, 3.8) is 0 Å². The molecule has 34 heavy (non-hydrogen) atoms. The second kappa shape index (κ2) is 9.50. The molecule has 1 amide bonds. The Morgan fingerprint density at radius 1 is 1.21 bits per heavy atom. The van der Waals surface area contributed by atoms with E-state index in [2.05, 4.69) is 50.1 Å². The van der Waals surface area contributed by atoms with Crippen LogP contribution in [-0.4, -0.2) is 39.6 Å². The molecule has 7 nitrogen and oxygen atoms in total. The molecule has 3 heterocycles.